The van der Waals surface area contributed by atoms with Gasteiger partial charge in [-0.25, -0.2) is 4.39 Å². The van der Waals surface area contributed by atoms with Crippen LogP contribution < -0.4 is 10.0 Å². The van der Waals surface area contributed by atoms with Gasteiger partial charge in [-0.15, -0.1) is 0 Å². The summed E-state index contributed by atoms with van der Waals surface area (Å²) in [6.45, 7) is 1.67. The summed E-state index contributed by atoms with van der Waals surface area (Å²) in [5, 5.41) is 10.7. The first-order chi connectivity index (χ1) is 7.99. The smallest absolute Gasteiger partial charge is 0.227 e. The third kappa shape index (κ3) is 2.13. The van der Waals surface area contributed by atoms with Gasteiger partial charge in [0.05, 0.1) is 0 Å². The van der Waals surface area contributed by atoms with E-state index >= 15 is 0 Å². The molecule has 1 aliphatic rings. The fraction of sp³-hybridized carbons (Fsp3) is 0.333. The molecule has 0 radical (unpaired) electrons. The van der Waals surface area contributed by atoms with Crippen molar-refractivity contribution in [2.45, 2.75) is 13.3 Å². The number of carboxylic acids is 1. The molecule has 1 aliphatic heterocycles. The van der Waals surface area contributed by atoms with Crippen LogP contribution in [-0.2, 0) is 9.59 Å². The molecule has 5 heteroatoms. The maximum atomic E-state index is 13.3. The maximum Gasteiger partial charge on any atom is 0.227 e. The zero-order valence-electron chi connectivity index (χ0n) is 9.27. The van der Waals surface area contributed by atoms with Crippen molar-refractivity contribution in [1.29, 1.82) is 0 Å². The monoisotopic (exact) mass is 236 g/mol. The summed E-state index contributed by atoms with van der Waals surface area (Å²) in [6.07, 6.45) is -0.0855. The summed E-state index contributed by atoms with van der Waals surface area (Å²) in [5.41, 5.74) is 0.874. The van der Waals surface area contributed by atoms with Crippen molar-refractivity contribution >= 4 is 17.6 Å². The van der Waals surface area contributed by atoms with Crippen LogP contribution in [-0.4, -0.2) is 18.4 Å². The molecule has 0 aliphatic carbocycles. The molecule has 0 unspecified atom stereocenters. The molecule has 17 heavy (non-hydrogen) atoms. The second-order valence-electron chi connectivity index (χ2n) is 4.16. The fourth-order valence-electron chi connectivity index (χ4n) is 1.86. The van der Waals surface area contributed by atoms with E-state index in [0.29, 0.717) is 11.3 Å². The number of hydrogen-bond donors (Lipinski definition) is 0. The van der Waals surface area contributed by atoms with E-state index in [1.807, 2.05) is 0 Å². The van der Waals surface area contributed by atoms with E-state index in [1.54, 1.807) is 19.1 Å². The second kappa shape index (κ2) is 4.16. The Morgan fingerprint density at radius 3 is 2.76 bits per heavy atom. The third-order valence-corrected chi connectivity index (χ3v) is 2.93. The van der Waals surface area contributed by atoms with Crippen molar-refractivity contribution in [3.63, 3.8) is 0 Å². The summed E-state index contributed by atoms with van der Waals surface area (Å²) in [4.78, 5) is 23.6. The highest BCUT2D eigenvalue weighted by molar-refractivity contribution is 5.98. The Labute approximate surface area is 97.7 Å². The van der Waals surface area contributed by atoms with Gasteiger partial charge in [0.2, 0.25) is 5.91 Å². The molecule has 2 rings (SSSR count). The van der Waals surface area contributed by atoms with Crippen molar-refractivity contribution in [2.24, 2.45) is 5.92 Å². The largest absolute Gasteiger partial charge is 0.550 e. The van der Waals surface area contributed by atoms with Crippen LogP contribution in [0.2, 0.25) is 0 Å². The fourth-order valence-corrected chi connectivity index (χ4v) is 1.86. The minimum atomic E-state index is -1.24. The van der Waals surface area contributed by atoms with Gasteiger partial charge in [-0.2, -0.15) is 0 Å². The van der Waals surface area contributed by atoms with Crippen LogP contribution >= 0.6 is 0 Å². The summed E-state index contributed by atoms with van der Waals surface area (Å²) in [6, 6.07) is 4.41. The first-order valence-electron chi connectivity index (χ1n) is 5.26. The van der Waals surface area contributed by atoms with Gasteiger partial charge in [-0.3, -0.25) is 4.79 Å². The summed E-state index contributed by atoms with van der Waals surface area (Å²) in [7, 11) is 0. The first kappa shape index (κ1) is 11.6. The number of benzene rings is 1. The SMILES string of the molecule is Cc1ccc(N2C[C@H](C(=O)[O-])CC2=O)cc1F. The average Bonchev–Trinajstić information content (AvgIpc) is 2.65. The highest BCUT2D eigenvalue weighted by Gasteiger charge is 2.31. The molecule has 0 spiro atoms. The number of halogens is 1. The number of carbonyl (C=O) groups is 2. The number of rotatable bonds is 2. The highest BCUT2D eigenvalue weighted by atomic mass is 19.1. The van der Waals surface area contributed by atoms with Crippen LogP contribution in [0.15, 0.2) is 18.2 Å². The van der Waals surface area contributed by atoms with Gasteiger partial charge in [0.25, 0.3) is 0 Å². The van der Waals surface area contributed by atoms with E-state index in [9.17, 15) is 19.1 Å². The lowest BCUT2D eigenvalue weighted by atomic mass is 10.1. The molecular formula is C12H11FNO3-. The van der Waals surface area contributed by atoms with E-state index in [1.165, 1.54) is 11.0 Å². The van der Waals surface area contributed by atoms with Crippen LogP contribution in [0.5, 0.6) is 0 Å². The minimum Gasteiger partial charge on any atom is -0.550 e. The molecule has 4 nitrogen and oxygen atoms in total. The van der Waals surface area contributed by atoms with Gasteiger partial charge in [0, 0.05) is 30.5 Å². The number of nitrogens with zero attached hydrogens (tertiary/aromatic N) is 1. The lowest BCUT2D eigenvalue weighted by Gasteiger charge is -2.17. The van der Waals surface area contributed by atoms with E-state index in [-0.39, 0.29) is 18.9 Å². The van der Waals surface area contributed by atoms with Gasteiger partial charge in [0.15, 0.2) is 0 Å². The van der Waals surface area contributed by atoms with Crippen LogP contribution in [0, 0.1) is 18.7 Å². The van der Waals surface area contributed by atoms with Crippen molar-refractivity contribution in [3.8, 4) is 0 Å². The average molecular weight is 236 g/mol. The Kier molecular flexibility index (Phi) is 2.83. The van der Waals surface area contributed by atoms with E-state index < -0.39 is 17.7 Å². The standard InChI is InChI=1S/C12H12FNO3/c1-7-2-3-9(5-10(7)13)14-6-8(12(16)17)4-11(14)15/h2-3,5,8H,4,6H2,1H3,(H,16,17)/p-1/t8-/m1/s1. The molecule has 0 bridgehead atoms. The number of hydrogen-bond acceptors (Lipinski definition) is 3. The van der Waals surface area contributed by atoms with Crippen molar-refractivity contribution in [1.82, 2.24) is 0 Å². The number of anilines is 1. The Balaban J connectivity index is 2.26. The van der Waals surface area contributed by atoms with Gasteiger partial charge in [-0.1, -0.05) is 6.07 Å². The maximum absolute atomic E-state index is 13.3. The van der Waals surface area contributed by atoms with Crippen molar-refractivity contribution < 1.29 is 19.1 Å². The molecule has 1 amide bonds. The second-order valence-corrected chi connectivity index (χ2v) is 4.16. The predicted octanol–water partition coefficient (Wildman–Crippen LogP) is 0.237. The van der Waals surface area contributed by atoms with Crippen molar-refractivity contribution in [3.05, 3.63) is 29.6 Å². The van der Waals surface area contributed by atoms with Crippen molar-refractivity contribution in [2.75, 3.05) is 11.4 Å². The topological polar surface area (TPSA) is 60.4 Å². The van der Waals surface area contributed by atoms with Crippen LogP contribution in [0.25, 0.3) is 0 Å². The highest BCUT2D eigenvalue weighted by Crippen LogP contribution is 2.26. The molecule has 1 heterocycles. The zero-order valence-corrected chi connectivity index (χ0v) is 9.27. The third-order valence-electron chi connectivity index (χ3n) is 2.93. The lowest BCUT2D eigenvalue weighted by Crippen LogP contribution is -2.33. The minimum absolute atomic E-state index is 0.0453. The summed E-state index contributed by atoms with van der Waals surface area (Å²) >= 11 is 0. The summed E-state index contributed by atoms with van der Waals surface area (Å²) in [5.74, 6) is -2.78. The Hall–Kier alpha value is -1.91. The number of carboxylic acid groups (broad SMARTS) is 1. The normalized spacial score (nSPS) is 19.8. The molecule has 0 N–H and O–H groups in total. The van der Waals surface area contributed by atoms with Crippen LogP contribution in [0.1, 0.15) is 12.0 Å². The van der Waals surface area contributed by atoms with Gasteiger partial charge in [-0.05, 0) is 24.6 Å². The Morgan fingerprint density at radius 2 is 2.24 bits per heavy atom. The van der Waals surface area contributed by atoms with E-state index in [4.69, 9.17) is 0 Å². The molecular weight excluding hydrogens is 225 g/mol. The number of amides is 1. The zero-order chi connectivity index (χ0) is 12.6. The van der Waals surface area contributed by atoms with Crippen LogP contribution in [0.3, 0.4) is 0 Å². The molecule has 1 saturated heterocycles. The number of aryl methyl sites for hydroxylation is 1. The first-order valence-corrected chi connectivity index (χ1v) is 5.26. The number of carbonyl (C=O) groups excluding carboxylic acids is 2. The molecule has 1 aromatic rings. The Bertz CT molecular complexity index is 487. The van der Waals surface area contributed by atoms with E-state index in [0.717, 1.165) is 0 Å². The quantitative estimate of drug-likeness (QED) is 0.738. The van der Waals surface area contributed by atoms with Gasteiger partial charge < -0.3 is 14.8 Å². The van der Waals surface area contributed by atoms with Crippen LogP contribution in [0.4, 0.5) is 10.1 Å². The number of aliphatic carboxylic acids is 1. The molecule has 1 atom stereocenters. The molecule has 0 aromatic heterocycles. The molecule has 90 valence electrons. The van der Waals surface area contributed by atoms with E-state index in [2.05, 4.69) is 0 Å². The Morgan fingerprint density at radius 1 is 1.53 bits per heavy atom. The van der Waals surface area contributed by atoms with Gasteiger partial charge in [0.1, 0.15) is 5.82 Å². The molecule has 1 aromatic carbocycles. The molecule has 0 saturated carbocycles. The lowest BCUT2D eigenvalue weighted by molar-refractivity contribution is -0.310. The molecule has 1 fully saturated rings. The predicted molar refractivity (Wildman–Crippen MR) is 56.6 cm³/mol. The summed E-state index contributed by atoms with van der Waals surface area (Å²) < 4.78 is 13.3. The van der Waals surface area contributed by atoms with Gasteiger partial charge >= 0.3 is 0 Å².